The molecule has 1 heterocycles. The number of fused-ring (bicyclic) bond motifs is 1. The number of hydrogen-bond donors (Lipinski definition) is 1. The SMILES string of the molecule is NCCCC[C@H]1C(=O)N(c2ccccc2)C(=O)N1Cc1ccc2ccccc2c1. The van der Waals surface area contributed by atoms with Gasteiger partial charge < -0.3 is 10.6 Å². The lowest BCUT2D eigenvalue weighted by Gasteiger charge is -2.22. The summed E-state index contributed by atoms with van der Waals surface area (Å²) in [5.74, 6) is -0.154. The third kappa shape index (κ3) is 3.87. The number of amides is 3. The van der Waals surface area contributed by atoms with E-state index in [1.54, 1.807) is 17.0 Å². The maximum Gasteiger partial charge on any atom is 0.332 e. The molecule has 5 heteroatoms. The number of carbonyl (C=O) groups excluding carboxylic acids is 2. The summed E-state index contributed by atoms with van der Waals surface area (Å²) in [4.78, 5) is 29.4. The molecule has 1 aliphatic rings. The maximum absolute atomic E-state index is 13.2. The van der Waals surface area contributed by atoms with Crippen molar-refractivity contribution in [3.8, 4) is 0 Å². The van der Waals surface area contributed by atoms with Gasteiger partial charge in [0.15, 0.2) is 0 Å². The van der Waals surface area contributed by atoms with Gasteiger partial charge in [0.1, 0.15) is 6.04 Å². The smallest absolute Gasteiger partial charge is 0.330 e. The number of para-hydroxylation sites is 1. The van der Waals surface area contributed by atoms with Crippen molar-refractivity contribution in [2.45, 2.75) is 31.8 Å². The Balaban J connectivity index is 1.63. The van der Waals surface area contributed by atoms with Crippen molar-refractivity contribution in [1.29, 1.82) is 0 Å². The molecule has 0 radical (unpaired) electrons. The van der Waals surface area contributed by atoms with Crippen LogP contribution in [0.5, 0.6) is 0 Å². The van der Waals surface area contributed by atoms with Crippen LogP contribution in [0.15, 0.2) is 72.8 Å². The van der Waals surface area contributed by atoms with Crippen LogP contribution in [0.25, 0.3) is 10.8 Å². The predicted octanol–water partition coefficient (Wildman–Crippen LogP) is 4.31. The van der Waals surface area contributed by atoms with Crippen LogP contribution < -0.4 is 10.6 Å². The van der Waals surface area contributed by atoms with Gasteiger partial charge in [0.25, 0.3) is 5.91 Å². The first-order valence-corrected chi connectivity index (χ1v) is 10.1. The van der Waals surface area contributed by atoms with E-state index in [1.165, 1.54) is 4.90 Å². The third-order valence-electron chi connectivity index (χ3n) is 5.43. The number of carbonyl (C=O) groups is 2. The summed E-state index contributed by atoms with van der Waals surface area (Å²) in [5, 5.41) is 2.29. The fraction of sp³-hybridized carbons (Fsp3) is 0.250. The van der Waals surface area contributed by atoms with Gasteiger partial charge in [0.05, 0.1) is 5.69 Å². The number of rotatable bonds is 7. The molecule has 1 aliphatic heterocycles. The van der Waals surface area contributed by atoms with Crippen LogP contribution in [-0.2, 0) is 11.3 Å². The summed E-state index contributed by atoms with van der Waals surface area (Å²) in [5.41, 5.74) is 7.26. The van der Waals surface area contributed by atoms with Crippen molar-refractivity contribution in [1.82, 2.24) is 4.90 Å². The van der Waals surface area contributed by atoms with Gasteiger partial charge in [0, 0.05) is 6.54 Å². The van der Waals surface area contributed by atoms with E-state index in [0.717, 1.165) is 29.2 Å². The third-order valence-corrected chi connectivity index (χ3v) is 5.43. The minimum absolute atomic E-state index is 0.154. The van der Waals surface area contributed by atoms with Crippen molar-refractivity contribution in [3.05, 3.63) is 78.4 Å². The molecule has 0 saturated carbocycles. The van der Waals surface area contributed by atoms with Gasteiger partial charge in [-0.25, -0.2) is 9.69 Å². The summed E-state index contributed by atoms with van der Waals surface area (Å²) in [6.07, 6.45) is 2.28. The van der Waals surface area contributed by atoms with E-state index in [0.29, 0.717) is 25.2 Å². The standard InChI is InChI=1S/C24H25N3O2/c25-15-7-6-12-22-23(28)27(21-10-2-1-3-11-21)24(29)26(22)17-18-13-14-19-8-4-5-9-20(19)16-18/h1-5,8-11,13-14,16,22H,6-7,12,15,17,25H2/t22-/m0/s1. The fourth-order valence-electron chi connectivity index (χ4n) is 3.93. The van der Waals surface area contributed by atoms with Crippen LogP contribution in [0.2, 0.25) is 0 Å². The Morgan fingerprint density at radius 2 is 1.55 bits per heavy atom. The molecular weight excluding hydrogens is 362 g/mol. The van der Waals surface area contributed by atoms with Gasteiger partial charge in [0.2, 0.25) is 0 Å². The second-order valence-corrected chi connectivity index (χ2v) is 7.40. The number of benzene rings is 3. The predicted molar refractivity (Wildman–Crippen MR) is 116 cm³/mol. The number of hydrogen-bond acceptors (Lipinski definition) is 3. The molecular formula is C24H25N3O2. The molecule has 0 aliphatic carbocycles. The number of unbranched alkanes of at least 4 members (excludes halogenated alkanes) is 1. The van der Waals surface area contributed by atoms with Crippen molar-refractivity contribution in [2.75, 3.05) is 11.4 Å². The Labute approximate surface area is 170 Å². The zero-order valence-electron chi connectivity index (χ0n) is 16.3. The van der Waals surface area contributed by atoms with Gasteiger partial charge in [-0.1, -0.05) is 54.6 Å². The Morgan fingerprint density at radius 1 is 0.828 bits per heavy atom. The zero-order chi connectivity index (χ0) is 20.2. The average Bonchev–Trinajstić information content (AvgIpc) is 2.98. The van der Waals surface area contributed by atoms with E-state index in [4.69, 9.17) is 5.73 Å². The van der Waals surface area contributed by atoms with Gasteiger partial charge in [-0.3, -0.25) is 4.79 Å². The highest BCUT2D eigenvalue weighted by molar-refractivity contribution is 6.21. The highest BCUT2D eigenvalue weighted by Gasteiger charge is 2.45. The van der Waals surface area contributed by atoms with Gasteiger partial charge >= 0.3 is 6.03 Å². The van der Waals surface area contributed by atoms with Crippen LogP contribution in [0.1, 0.15) is 24.8 Å². The molecule has 29 heavy (non-hydrogen) atoms. The molecule has 2 N–H and O–H groups in total. The van der Waals surface area contributed by atoms with Crippen LogP contribution in [-0.4, -0.2) is 29.4 Å². The Kier molecular flexibility index (Phi) is 5.58. The molecule has 0 bridgehead atoms. The molecule has 3 aromatic carbocycles. The van der Waals surface area contributed by atoms with Gasteiger partial charge in [-0.15, -0.1) is 0 Å². The number of imide groups is 1. The fourth-order valence-corrected chi connectivity index (χ4v) is 3.93. The minimum atomic E-state index is -0.458. The van der Waals surface area contributed by atoms with Crippen molar-refractivity contribution >= 4 is 28.4 Å². The summed E-state index contributed by atoms with van der Waals surface area (Å²) in [7, 11) is 0. The molecule has 3 aromatic rings. The molecule has 1 fully saturated rings. The normalized spacial score (nSPS) is 16.8. The average molecular weight is 387 g/mol. The van der Waals surface area contributed by atoms with Crippen molar-refractivity contribution < 1.29 is 9.59 Å². The maximum atomic E-state index is 13.2. The Bertz CT molecular complexity index is 1020. The van der Waals surface area contributed by atoms with E-state index in [1.807, 2.05) is 36.4 Å². The Hall–Kier alpha value is -3.18. The highest BCUT2D eigenvalue weighted by Crippen LogP contribution is 2.29. The molecule has 4 rings (SSSR count). The zero-order valence-corrected chi connectivity index (χ0v) is 16.3. The number of nitrogens with two attached hydrogens (primary N) is 1. The van der Waals surface area contributed by atoms with Crippen LogP contribution in [0.3, 0.4) is 0 Å². The molecule has 0 unspecified atom stereocenters. The first kappa shape index (κ1) is 19.2. The minimum Gasteiger partial charge on any atom is -0.330 e. The number of nitrogens with zero attached hydrogens (tertiary/aromatic N) is 2. The second-order valence-electron chi connectivity index (χ2n) is 7.40. The summed E-state index contributed by atoms with van der Waals surface area (Å²) < 4.78 is 0. The molecule has 0 aromatic heterocycles. The van der Waals surface area contributed by atoms with E-state index in [2.05, 4.69) is 24.3 Å². The topological polar surface area (TPSA) is 66.6 Å². The van der Waals surface area contributed by atoms with Crippen LogP contribution >= 0.6 is 0 Å². The Morgan fingerprint density at radius 3 is 2.31 bits per heavy atom. The highest BCUT2D eigenvalue weighted by atomic mass is 16.2. The molecule has 1 atom stereocenters. The molecule has 0 spiro atoms. The largest absolute Gasteiger partial charge is 0.332 e. The second kappa shape index (κ2) is 8.45. The van der Waals surface area contributed by atoms with Gasteiger partial charge in [-0.2, -0.15) is 0 Å². The lowest BCUT2D eigenvalue weighted by atomic mass is 10.0. The number of anilines is 1. The van der Waals surface area contributed by atoms with E-state index < -0.39 is 6.04 Å². The summed E-state index contributed by atoms with van der Waals surface area (Å²) in [6, 6.07) is 22.8. The monoisotopic (exact) mass is 387 g/mol. The quantitative estimate of drug-likeness (QED) is 0.485. The van der Waals surface area contributed by atoms with Crippen LogP contribution in [0, 0.1) is 0 Å². The van der Waals surface area contributed by atoms with E-state index in [-0.39, 0.29) is 11.9 Å². The molecule has 5 nitrogen and oxygen atoms in total. The summed E-state index contributed by atoms with van der Waals surface area (Å²) in [6.45, 7) is 0.994. The van der Waals surface area contributed by atoms with Gasteiger partial charge in [-0.05, 0) is 60.3 Å². The molecule has 1 saturated heterocycles. The summed E-state index contributed by atoms with van der Waals surface area (Å²) >= 11 is 0. The first-order chi connectivity index (χ1) is 14.2. The van der Waals surface area contributed by atoms with E-state index >= 15 is 0 Å². The van der Waals surface area contributed by atoms with Crippen LogP contribution in [0.4, 0.5) is 10.5 Å². The number of urea groups is 1. The lowest BCUT2D eigenvalue weighted by molar-refractivity contribution is -0.120. The van der Waals surface area contributed by atoms with E-state index in [9.17, 15) is 9.59 Å². The lowest BCUT2D eigenvalue weighted by Crippen LogP contribution is -2.34. The molecule has 3 amide bonds. The molecule has 148 valence electrons. The van der Waals surface area contributed by atoms with Crippen molar-refractivity contribution in [2.24, 2.45) is 5.73 Å². The van der Waals surface area contributed by atoms with Crippen molar-refractivity contribution in [3.63, 3.8) is 0 Å². The first-order valence-electron chi connectivity index (χ1n) is 10.1.